The molecule has 0 aliphatic carbocycles. The van der Waals surface area contributed by atoms with E-state index in [1.54, 1.807) is 28.0 Å². The second-order valence-corrected chi connectivity index (χ2v) is 7.46. The summed E-state index contributed by atoms with van der Waals surface area (Å²) < 4.78 is 26.6. The van der Waals surface area contributed by atoms with Crippen LogP contribution in [0.25, 0.3) is 0 Å². The van der Waals surface area contributed by atoms with Crippen molar-refractivity contribution in [3.63, 3.8) is 0 Å². The smallest absolute Gasteiger partial charge is 0.262 e. The number of hydrogen-bond acceptors (Lipinski definition) is 3. The van der Waals surface area contributed by atoms with Crippen molar-refractivity contribution in [1.82, 2.24) is 15.1 Å². The van der Waals surface area contributed by atoms with E-state index in [1.165, 1.54) is 0 Å². The highest BCUT2D eigenvalue weighted by molar-refractivity contribution is 6.30. The third kappa shape index (κ3) is 5.30. The summed E-state index contributed by atoms with van der Waals surface area (Å²) >= 11 is 5.95. The summed E-state index contributed by atoms with van der Waals surface area (Å²) in [5.74, 6) is -3.17. The summed E-state index contributed by atoms with van der Waals surface area (Å²) in [6.45, 7) is 2.51. The van der Waals surface area contributed by atoms with E-state index in [9.17, 15) is 18.4 Å². The third-order valence-corrected chi connectivity index (χ3v) is 5.15. The molecule has 3 rings (SSSR count). The highest BCUT2D eigenvalue weighted by atomic mass is 35.5. The first-order valence-corrected chi connectivity index (χ1v) is 9.07. The van der Waals surface area contributed by atoms with Crippen LogP contribution in [0.15, 0.2) is 24.3 Å². The minimum Gasteiger partial charge on any atom is -0.338 e. The quantitative estimate of drug-likeness (QED) is 0.814. The number of halogens is 4. The molecule has 2 saturated heterocycles. The van der Waals surface area contributed by atoms with Gasteiger partial charge in [-0.25, -0.2) is 8.78 Å². The summed E-state index contributed by atoms with van der Waals surface area (Å²) in [4.78, 5) is 28.3. The number of nitrogens with zero attached hydrogens (tertiary/aromatic N) is 2. The van der Waals surface area contributed by atoms with Crippen LogP contribution in [0.4, 0.5) is 8.78 Å². The van der Waals surface area contributed by atoms with Gasteiger partial charge in [-0.2, -0.15) is 0 Å². The van der Waals surface area contributed by atoms with Crippen molar-refractivity contribution < 1.29 is 18.4 Å². The molecule has 1 N–H and O–H groups in total. The maximum atomic E-state index is 13.3. The number of piperazine rings is 1. The van der Waals surface area contributed by atoms with Gasteiger partial charge in [0.1, 0.15) is 0 Å². The molecular weight excluding hydrogens is 399 g/mol. The number of carbonyl (C=O) groups is 2. The van der Waals surface area contributed by atoms with E-state index < -0.39 is 24.9 Å². The lowest BCUT2D eigenvalue weighted by Crippen LogP contribution is -2.58. The van der Waals surface area contributed by atoms with Gasteiger partial charge < -0.3 is 9.80 Å². The Morgan fingerprint density at radius 1 is 1.33 bits per heavy atom. The number of nitrogens with one attached hydrogen (secondary N) is 1. The summed E-state index contributed by atoms with van der Waals surface area (Å²) in [6.07, 6.45) is -0.219. The number of amides is 2. The molecule has 1 aromatic rings. The van der Waals surface area contributed by atoms with Crippen molar-refractivity contribution in [3.05, 3.63) is 34.9 Å². The second-order valence-electron chi connectivity index (χ2n) is 7.02. The lowest BCUT2D eigenvalue weighted by Gasteiger charge is -2.40. The molecule has 1 aromatic carbocycles. The van der Waals surface area contributed by atoms with Gasteiger partial charge in [0.05, 0.1) is 19.0 Å². The predicted molar refractivity (Wildman–Crippen MR) is 102 cm³/mol. The summed E-state index contributed by atoms with van der Waals surface area (Å²) in [6, 6.07) is 6.15. The lowest BCUT2D eigenvalue weighted by molar-refractivity contribution is -0.143. The van der Waals surface area contributed by atoms with Crippen LogP contribution in [0.3, 0.4) is 0 Å². The van der Waals surface area contributed by atoms with E-state index >= 15 is 0 Å². The fourth-order valence-corrected chi connectivity index (χ4v) is 3.77. The molecule has 0 spiro atoms. The van der Waals surface area contributed by atoms with Gasteiger partial charge in [0, 0.05) is 37.1 Å². The SMILES string of the molecule is CC1CN(C(=O)C2CC(F)(F)CN2)CCN1C(=O)Cc1cccc(Cl)c1.Cl. The minimum atomic E-state index is -2.83. The van der Waals surface area contributed by atoms with Crippen molar-refractivity contribution in [3.8, 4) is 0 Å². The normalized spacial score (nSPS) is 24.4. The van der Waals surface area contributed by atoms with Crippen LogP contribution in [-0.4, -0.2) is 65.8 Å². The van der Waals surface area contributed by atoms with E-state index in [1.807, 2.05) is 13.0 Å². The van der Waals surface area contributed by atoms with E-state index in [2.05, 4.69) is 5.32 Å². The second kappa shape index (κ2) is 8.71. The summed E-state index contributed by atoms with van der Waals surface area (Å²) in [5, 5.41) is 3.18. The molecule has 9 heteroatoms. The zero-order valence-electron chi connectivity index (χ0n) is 15.0. The highest BCUT2D eigenvalue weighted by Gasteiger charge is 2.44. The van der Waals surface area contributed by atoms with Crippen LogP contribution in [0.5, 0.6) is 0 Å². The van der Waals surface area contributed by atoms with Crippen molar-refractivity contribution in [2.45, 2.75) is 37.8 Å². The number of carbonyl (C=O) groups excluding carboxylic acids is 2. The average molecular weight is 422 g/mol. The predicted octanol–water partition coefficient (Wildman–Crippen LogP) is 2.36. The van der Waals surface area contributed by atoms with E-state index in [-0.39, 0.29) is 36.7 Å². The van der Waals surface area contributed by atoms with Crippen molar-refractivity contribution >= 4 is 35.8 Å². The Morgan fingerprint density at radius 2 is 2.07 bits per heavy atom. The maximum absolute atomic E-state index is 13.3. The minimum absolute atomic E-state index is 0. The molecule has 27 heavy (non-hydrogen) atoms. The molecule has 0 bridgehead atoms. The van der Waals surface area contributed by atoms with E-state index in [0.29, 0.717) is 24.7 Å². The Labute approximate surface area is 168 Å². The standard InChI is InChI=1S/C18H22ClF2N3O2.ClH/c1-12-10-23(17(26)15-9-18(20,21)11-22-15)5-6-24(12)16(25)8-13-3-2-4-14(19)7-13;/h2-4,7,12,15,22H,5-6,8-11H2,1H3;1H. The van der Waals surface area contributed by atoms with Crippen LogP contribution in [0.1, 0.15) is 18.9 Å². The van der Waals surface area contributed by atoms with E-state index in [4.69, 9.17) is 11.6 Å². The molecule has 2 aliphatic heterocycles. The third-order valence-electron chi connectivity index (χ3n) is 4.91. The molecule has 0 saturated carbocycles. The van der Waals surface area contributed by atoms with Gasteiger partial charge in [-0.05, 0) is 24.6 Å². The summed E-state index contributed by atoms with van der Waals surface area (Å²) in [7, 11) is 0. The number of hydrogen-bond donors (Lipinski definition) is 1. The zero-order valence-corrected chi connectivity index (χ0v) is 16.5. The van der Waals surface area contributed by atoms with Gasteiger partial charge in [0.2, 0.25) is 11.8 Å². The van der Waals surface area contributed by atoms with Crippen LogP contribution >= 0.6 is 24.0 Å². The van der Waals surface area contributed by atoms with Crippen LogP contribution in [-0.2, 0) is 16.0 Å². The monoisotopic (exact) mass is 421 g/mol. The van der Waals surface area contributed by atoms with Gasteiger partial charge in [-0.3, -0.25) is 14.9 Å². The Bertz CT molecular complexity index is 705. The van der Waals surface area contributed by atoms with Crippen molar-refractivity contribution in [1.29, 1.82) is 0 Å². The molecule has 2 unspecified atom stereocenters. The lowest BCUT2D eigenvalue weighted by atomic mass is 10.1. The van der Waals surface area contributed by atoms with Gasteiger partial charge in [-0.15, -0.1) is 12.4 Å². The number of rotatable bonds is 3. The molecular formula is C18H23Cl2F2N3O2. The fourth-order valence-electron chi connectivity index (χ4n) is 3.56. The molecule has 2 heterocycles. The Hall–Kier alpha value is -1.44. The largest absolute Gasteiger partial charge is 0.338 e. The number of benzene rings is 1. The molecule has 0 radical (unpaired) electrons. The van der Waals surface area contributed by atoms with Gasteiger partial charge in [-0.1, -0.05) is 23.7 Å². The van der Waals surface area contributed by atoms with Crippen LogP contribution in [0.2, 0.25) is 5.02 Å². The molecule has 2 atom stereocenters. The Balaban J connectivity index is 0.00000261. The van der Waals surface area contributed by atoms with Crippen molar-refractivity contribution in [2.24, 2.45) is 0 Å². The van der Waals surface area contributed by atoms with Crippen LogP contribution in [0, 0.1) is 0 Å². The van der Waals surface area contributed by atoms with E-state index in [0.717, 1.165) is 5.56 Å². The van der Waals surface area contributed by atoms with Crippen molar-refractivity contribution in [2.75, 3.05) is 26.2 Å². The molecule has 150 valence electrons. The zero-order chi connectivity index (χ0) is 18.9. The first-order chi connectivity index (χ1) is 12.2. The maximum Gasteiger partial charge on any atom is 0.262 e. The van der Waals surface area contributed by atoms with Gasteiger partial charge >= 0.3 is 0 Å². The molecule has 2 aliphatic rings. The Morgan fingerprint density at radius 3 is 2.67 bits per heavy atom. The van der Waals surface area contributed by atoms with Gasteiger partial charge in [0.25, 0.3) is 5.92 Å². The average Bonchev–Trinajstić information content (AvgIpc) is 2.94. The molecule has 2 fully saturated rings. The fraction of sp³-hybridized carbons (Fsp3) is 0.556. The first kappa shape index (κ1) is 21.9. The first-order valence-electron chi connectivity index (χ1n) is 8.69. The molecule has 2 amide bonds. The Kier molecular flexibility index (Phi) is 7.05. The highest BCUT2D eigenvalue weighted by Crippen LogP contribution is 2.26. The summed E-state index contributed by atoms with van der Waals surface area (Å²) in [5.41, 5.74) is 0.839. The topological polar surface area (TPSA) is 52.7 Å². The number of alkyl halides is 2. The van der Waals surface area contributed by atoms with Crippen LogP contribution < -0.4 is 5.32 Å². The van der Waals surface area contributed by atoms with Gasteiger partial charge in [0.15, 0.2) is 0 Å². The molecule has 0 aromatic heterocycles. The molecule has 5 nitrogen and oxygen atoms in total.